The van der Waals surface area contributed by atoms with Crippen molar-refractivity contribution in [2.75, 3.05) is 0 Å². The Bertz CT molecular complexity index is 722. The zero-order valence-corrected chi connectivity index (χ0v) is 11.8. The van der Waals surface area contributed by atoms with E-state index in [0.29, 0.717) is 0 Å². The Labute approximate surface area is 127 Å². The number of non-ortho nitro benzene ring substituents is 1. The number of benzene rings is 1. The summed E-state index contributed by atoms with van der Waals surface area (Å²) in [6.07, 6.45) is 1.27. The van der Waals surface area contributed by atoms with Crippen LogP contribution in [0.2, 0.25) is 15.1 Å². The maximum Gasteiger partial charge on any atom is 0.272 e. The van der Waals surface area contributed by atoms with Gasteiger partial charge in [0.25, 0.3) is 11.2 Å². The summed E-state index contributed by atoms with van der Waals surface area (Å²) in [7, 11) is 0. The highest BCUT2D eigenvalue weighted by atomic mass is 35.5. The van der Waals surface area contributed by atoms with E-state index in [1.807, 2.05) is 0 Å². The van der Waals surface area contributed by atoms with E-state index in [1.54, 1.807) is 0 Å². The molecule has 1 heterocycles. The number of nitrogens with zero attached hydrogens (tertiary/aromatic N) is 1. The lowest BCUT2D eigenvalue weighted by molar-refractivity contribution is -0.384. The molecule has 9 heteroatoms. The van der Waals surface area contributed by atoms with Crippen LogP contribution in [0, 0.1) is 10.1 Å². The van der Waals surface area contributed by atoms with Crippen molar-refractivity contribution in [3.05, 3.63) is 59.9 Å². The summed E-state index contributed by atoms with van der Waals surface area (Å²) in [5.41, 5.74) is -0.730. The Morgan fingerprint density at radius 3 is 2.20 bits per heavy atom. The number of rotatable bonds is 3. The average Bonchev–Trinajstić information content (AvgIpc) is 2.37. The van der Waals surface area contributed by atoms with Crippen LogP contribution in [-0.2, 0) is 0 Å². The molecule has 6 nitrogen and oxygen atoms in total. The van der Waals surface area contributed by atoms with Crippen molar-refractivity contribution in [2.24, 2.45) is 0 Å². The molecule has 0 saturated heterocycles. The monoisotopic (exact) mass is 334 g/mol. The summed E-state index contributed by atoms with van der Waals surface area (Å²) in [6, 6.07) is 3.49. The first-order valence-corrected chi connectivity index (χ1v) is 6.21. The molecule has 0 fully saturated rings. The lowest BCUT2D eigenvalue weighted by atomic mass is 10.3. The number of hydrogen-bond acceptors (Lipinski definition) is 4. The maximum atomic E-state index is 11.1. The molecule has 0 unspecified atom stereocenters. The number of hydrogen-bond donors (Lipinski definition) is 1. The number of nitro groups is 1. The lowest BCUT2D eigenvalue weighted by Crippen LogP contribution is -2.04. The minimum atomic E-state index is -0.627. The molecule has 0 bridgehead atoms. The van der Waals surface area contributed by atoms with Crippen LogP contribution < -0.4 is 10.3 Å². The minimum absolute atomic E-state index is 0.0297. The van der Waals surface area contributed by atoms with Crippen LogP contribution in [0.3, 0.4) is 0 Å². The van der Waals surface area contributed by atoms with Gasteiger partial charge in [0.15, 0.2) is 5.75 Å². The van der Waals surface area contributed by atoms with Gasteiger partial charge in [0, 0.05) is 24.4 Å². The molecule has 1 N–H and O–H groups in total. The van der Waals surface area contributed by atoms with Crippen molar-refractivity contribution < 1.29 is 9.66 Å². The van der Waals surface area contributed by atoms with Gasteiger partial charge in [-0.15, -0.1) is 0 Å². The number of H-pyrrole nitrogens is 1. The topological polar surface area (TPSA) is 85.2 Å². The summed E-state index contributed by atoms with van der Waals surface area (Å²) in [4.78, 5) is 23.5. The van der Waals surface area contributed by atoms with Crippen molar-refractivity contribution in [3.8, 4) is 11.5 Å². The standard InChI is InChI=1S/C11H5Cl3N2O4/c12-7-1-5(16(18)19)2-8(13)10(7)20-6-3-9(14)11(17)15-4-6/h1-4H,(H,15,17). The molecule has 0 saturated carbocycles. The Hall–Kier alpha value is -1.76. The van der Waals surface area contributed by atoms with Crippen molar-refractivity contribution in [2.45, 2.75) is 0 Å². The Morgan fingerprint density at radius 1 is 1.10 bits per heavy atom. The molecule has 2 aromatic rings. The van der Waals surface area contributed by atoms with Crippen LogP contribution in [0.25, 0.3) is 0 Å². The van der Waals surface area contributed by atoms with Crippen LogP contribution in [0.5, 0.6) is 11.5 Å². The summed E-state index contributed by atoms with van der Waals surface area (Å²) in [5.74, 6) is 0.217. The van der Waals surface area contributed by atoms with Gasteiger partial charge in [0.05, 0.1) is 15.0 Å². The molecular formula is C11H5Cl3N2O4. The Balaban J connectivity index is 2.41. The number of halogens is 3. The van der Waals surface area contributed by atoms with E-state index < -0.39 is 10.5 Å². The van der Waals surface area contributed by atoms with Gasteiger partial charge in [-0.3, -0.25) is 14.9 Å². The van der Waals surface area contributed by atoms with Crippen LogP contribution in [-0.4, -0.2) is 9.91 Å². The third-order valence-electron chi connectivity index (χ3n) is 2.25. The Kier molecular flexibility index (Phi) is 4.17. The molecule has 104 valence electrons. The van der Waals surface area contributed by atoms with Gasteiger partial charge in [-0.1, -0.05) is 34.8 Å². The number of nitrogens with one attached hydrogen (secondary N) is 1. The summed E-state index contributed by atoms with van der Waals surface area (Å²) in [6.45, 7) is 0. The van der Waals surface area contributed by atoms with Gasteiger partial charge in [0.2, 0.25) is 0 Å². The van der Waals surface area contributed by atoms with E-state index in [-0.39, 0.29) is 32.3 Å². The number of aromatic amines is 1. The molecule has 20 heavy (non-hydrogen) atoms. The molecule has 1 aromatic heterocycles. The molecule has 0 amide bonds. The summed E-state index contributed by atoms with van der Waals surface area (Å²) < 4.78 is 5.37. The smallest absolute Gasteiger partial charge is 0.272 e. The van der Waals surface area contributed by atoms with Crippen LogP contribution >= 0.6 is 34.8 Å². The molecule has 0 spiro atoms. The number of ether oxygens (including phenoxy) is 1. The van der Waals surface area contributed by atoms with Crippen LogP contribution in [0.1, 0.15) is 0 Å². The molecule has 0 aliphatic heterocycles. The van der Waals surface area contributed by atoms with Crippen molar-refractivity contribution in [1.29, 1.82) is 0 Å². The normalized spacial score (nSPS) is 10.3. The molecule has 0 radical (unpaired) electrons. The van der Waals surface area contributed by atoms with E-state index in [0.717, 1.165) is 12.1 Å². The van der Waals surface area contributed by atoms with Crippen LogP contribution in [0.4, 0.5) is 5.69 Å². The summed E-state index contributed by atoms with van der Waals surface area (Å²) in [5, 5.41) is 10.5. The number of pyridine rings is 1. The van der Waals surface area contributed by atoms with E-state index in [1.165, 1.54) is 12.3 Å². The van der Waals surface area contributed by atoms with E-state index in [2.05, 4.69) is 4.98 Å². The minimum Gasteiger partial charge on any atom is -0.453 e. The second-order valence-corrected chi connectivity index (χ2v) is 4.83. The van der Waals surface area contributed by atoms with Crippen molar-refractivity contribution in [3.63, 3.8) is 0 Å². The Morgan fingerprint density at radius 2 is 1.70 bits per heavy atom. The fourth-order valence-corrected chi connectivity index (χ4v) is 2.08. The third-order valence-corrected chi connectivity index (χ3v) is 3.09. The van der Waals surface area contributed by atoms with Gasteiger partial charge in [-0.2, -0.15) is 0 Å². The third kappa shape index (κ3) is 3.04. The second kappa shape index (κ2) is 5.70. The fourth-order valence-electron chi connectivity index (χ4n) is 1.36. The van der Waals surface area contributed by atoms with Crippen molar-refractivity contribution in [1.82, 2.24) is 4.98 Å². The molecule has 2 rings (SSSR count). The van der Waals surface area contributed by atoms with Gasteiger partial charge >= 0.3 is 0 Å². The SMILES string of the molecule is O=c1[nH]cc(Oc2c(Cl)cc([N+](=O)[O-])cc2Cl)cc1Cl. The summed E-state index contributed by atoms with van der Waals surface area (Å²) >= 11 is 17.4. The molecule has 0 aliphatic rings. The maximum absolute atomic E-state index is 11.1. The van der Waals surface area contributed by atoms with Crippen molar-refractivity contribution >= 4 is 40.5 Å². The van der Waals surface area contributed by atoms with Gasteiger partial charge < -0.3 is 9.72 Å². The molecule has 0 atom stereocenters. The first-order valence-electron chi connectivity index (χ1n) is 5.08. The first kappa shape index (κ1) is 14.6. The van der Waals surface area contributed by atoms with Gasteiger partial charge in [-0.25, -0.2) is 0 Å². The van der Waals surface area contributed by atoms with Gasteiger partial charge in [-0.05, 0) is 0 Å². The average molecular weight is 336 g/mol. The predicted octanol–water partition coefficient (Wildman–Crippen LogP) is 4.04. The van der Waals surface area contributed by atoms with E-state index >= 15 is 0 Å². The molecule has 0 aliphatic carbocycles. The second-order valence-electron chi connectivity index (χ2n) is 3.61. The number of aromatic nitrogens is 1. The van der Waals surface area contributed by atoms with Gasteiger partial charge in [0.1, 0.15) is 10.8 Å². The van der Waals surface area contributed by atoms with E-state index in [4.69, 9.17) is 39.5 Å². The number of nitro benzene ring substituents is 1. The largest absolute Gasteiger partial charge is 0.453 e. The first-order chi connectivity index (χ1) is 9.38. The highest BCUT2D eigenvalue weighted by Crippen LogP contribution is 2.39. The molecular weight excluding hydrogens is 330 g/mol. The highest BCUT2D eigenvalue weighted by Gasteiger charge is 2.16. The predicted molar refractivity (Wildman–Crippen MR) is 75.3 cm³/mol. The lowest BCUT2D eigenvalue weighted by Gasteiger charge is -2.09. The highest BCUT2D eigenvalue weighted by molar-refractivity contribution is 6.37. The zero-order valence-electron chi connectivity index (χ0n) is 9.52. The quantitative estimate of drug-likeness (QED) is 0.677. The zero-order chi connectivity index (χ0) is 14.9. The van der Waals surface area contributed by atoms with E-state index in [9.17, 15) is 14.9 Å². The fraction of sp³-hybridized carbons (Fsp3) is 0. The van der Waals surface area contributed by atoms with Crippen LogP contribution in [0.15, 0.2) is 29.2 Å². The molecule has 1 aromatic carbocycles.